The molecule has 1 amide bonds. The molecule has 15 heavy (non-hydrogen) atoms. The Labute approximate surface area is 89.6 Å². The number of nitrogens with one attached hydrogen (secondary N) is 1. The molecule has 86 valence electrons. The molecule has 0 aliphatic heterocycles. The van der Waals surface area contributed by atoms with Crippen LogP contribution < -0.4 is 5.32 Å². The van der Waals surface area contributed by atoms with E-state index >= 15 is 0 Å². The number of amides is 1. The molecule has 1 atom stereocenters. The van der Waals surface area contributed by atoms with Crippen molar-refractivity contribution >= 4 is 16.0 Å². The van der Waals surface area contributed by atoms with Crippen LogP contribution in [0.2, 0.25) is 0 Å². The maximum atomic E-state index is 11.0. The van der Waals surface area contributed by atoms with Crippen LogP contribution >= 0.6 is 0 Å². The van der Waals surface area contributed by atoms with Gasteiger partial charge in [-0.1, -0.05) is 12.7 Å². The minimum atomic E-state index is -4.15. The van der Waals surface area contributed by atoms with E-state index < -0.39 is 27.3 Å². The molecule has 1 unspecified atom stereocenters. The summed E-state index contributed by atoms with van der Waals surface area (Å²) in [6.45, 7) is 8.21. The first kappa shape index (κ1) is 13.9. The molecule has 6 heteroatoms. The van der Waals surface area contributed by atoms with Crippen LogP contribution in [0.3, 0.4) is 0 Å². The fourth-order valence-electron chi connectivity index (χ4n) is 1.22. The molecule has 0 bridgehead atoms. The SMILES string of the molecule is C=CCC(C)(CS(=O)(=O)O)NC(=O)C=C. The van der Waals surface area contributed by atoms with Gasteiger partial charge in [-0.25, -0.2) is 0 Å². The van der Waals surface area contributed by atoms with Crippen LogP contribution in [0.15, 0.2) is 25.3 Å². The zero-order chi connectivity index (χ0) is 12.1. The molecular weight excluding hydrogens is 218 g/mol. The standard InChI is InChI=1S/C9H15NO4S/c1-4-6-9(3,7-15(12,13)14)10-8(11)5-2/h4-5H,1-2,6-7H2,3H3,(H,10,11)(H,12,13,14). The van der Waals surface area contributed by atoms with Crippen LogP contribution in [0.25, 0.3) is 0 Å². The van der Waals surface area contributed by atoms with Crippen LogP contribution in [0.4, 0.5) is 0 Å². The fraction of sp³-hybridized carbons (Fsp3) is 0.444. The number of rotatable bonds is 6. The van der Waals surface area contributed by atoms with Crippen LogP contribution in [-0.2, 0) is 14.9 Å². The molecule has 0 fully saturated rings. The van der Waals surface area contributed by atoms with Crippen LogP contribution in [0.5, 0.6) is 0 Å². The van der Waals surface area contributed by atoms with Crippen LogP contribution in [0, 0.1) is 0 Å². The Hall–Kier alpha value is -1.14. The predicted octanol–water partition coefficient (Wildman–Crippen LogP) is 0.511. The fourth-order valence-corrected chi connectivity index (χ4v) is 2.21. The van der Waals surface area contributed by atoms with Crippen molar-refractivity contribution in [1.29, 1.82) is 0 Å². The lowest BCUT2D eigenvalue weighted by atomic mass is 10.0. The molecule has 0 aromatic heterocycles. The summed E-state index contributed by atoms with van der Waals surface area (Å²) >= 11 is 0. The maximum Gasteiger partial charge on any atom is 0.267 e. The highest BCUT2D eigenvalue weighted by molar-refractivity contribution is 7.85. The predicted molar refractivity (Wildman–Crippen MR) is 58.0 cm³/mol. The van der Waals surface area contributed by atoms with E-state index in [4.69, 9.17) is 4.55 Å². The summed E-state index contributed by atoms with van der Waals surface area (Å²) < 4.78 is 30.2. The van der Waals surface area contributed by atoms with Gasteiger partial charge in [0.05, 0.1) is 11.3 Å². The van der Waals surface area contributed by atoms with Gasteiger partial charge in [0.2, 0.25) is 5.91 Å². The zero-order valence-corrected chi connectivity index (χ0v) is 9.38. The summed E-state index contributed by atoms with van der Waals surface area (Å²) in [6.07, 6.45) is 2.73. The third-order valence-corrected chi connectivity index (χ3v) is 2.71. The first-order valence-electron chi connectivity index (χ1n) is 4.23. The van der Waals surface area contributed by atoms with Crippen molar-refractivity contribution in [3.8, 4) is 0 Å². The summed E-state index contributed by atoms with van der Waals surface area (Å²) in [5.74, 6) is -1.06. The second-order valence-corrected chi connectivity index (χ2v) is 4.93. The van der Waals surface area contributed by atoms with Crippen molar-refractivity contribution in [2.45, 2.75) is 18.9 Å². The second-order valence-electron chi connectivity index (χ2n) is 3.47. The Balaban J connectivity index is 4.80. The molecule has 0 saturated carbocycles. The van der Waals surface area contributed by atoms with Gasteiger partial charge in [-0.15, -0.1) is 6.58 Å². The third-order valence-electron chi connectivity index (χ3n) is 1.71. The lowest BCUT2D eigenvalue weighted by molar-refractivity contribution is -0.117. The first-order chi connectivity index (χ1) is 6.72. The molecule has 5 nitrogen and oxygen atoms in total. The summed E-state index contributed by atoms with van der Waals surface area (Å²) in [7, 11) is -4.15. The molecule has 0 aliphatic carbocycles. The van der Waals surface area contributed by atoms with E-state index in [2.05, 4.69) is 18.5 Å². The number of hydrogen-bond donors (Lipinski definition) is 2. The van der Waals surface area contributed by atoms with Crippen molar-refractivity contribution in [1.82, 2.24) is 5.32 Å². The molecule has 0 saturated heterocycles. The van der Waals surface area contributed by atoms with Gasteiger partial charge in [0, 0.05) is 0 Å². The van der Waals surface area contributed by atoms with E-state index in [1.54, 1.807) is 0 Å². The van der Waals surface area contributed by atoms with E-state index in [9.17, 15) is 13.2 Å². The summed E-state index contributed by atoms with van der Waals surface area (Å²) in [5.41, 5.74) is -1.07. The molecule has 0 heterocycles. The Morgan fingerprint density at radius 1 is 1.53 bits per heavy atom. The quantitative estimate of drug-likeness (QED) is 0.398. The van der Waals surface area contributed by atoms with E-state index in [1.165, 1.54) is 13.0 Å². The largest absolute Gasteiger partial charge is 0.346 e. The topological polar surface area (TPSA) is 83.5 Å². The highest BCUT2D eigenvalue weighted by Gasteiger charge is 2.29. The molecule has 0 rings (SSSR count). The average Bonchev–Trinajstić information content (AvgIpc) is 2.00. The van der Waals surface area contributed by atoms with Gasteiger partial charge in [-0.3, -0.25) is 9.35 Å². The molecule has 0 spiro atoms. The Morgan fingerprint density at radius 2 is 2.07 bits per heavy atom. The molecule has 2 N–H and O–H groups in total. The monoisotopic (exact) mass is 233 g/mol. The van der Waals surface area contributed by atoms with E-state index in [0.29, 0.717) is 0 Å². The van der Waals surface area contributed by atoms with E-state index in [1.807, 2.05) is 0 Å². The molecule has 0 aromatic carbocycles. The smallest absolute Gasteiger partial charge is 0.267 e. The second kappa shape index (κ2) is 5.09. The zero-order valence-electron chi connectivity index (χ0n) is 8.56. The van der Waals surface area contributed by atoms with Gasteiger partial charge in [0.25, 0.3) is 10.1 Å². The minimum absolute atomic E-state index is 0.229. The highest BCUT2D eigenvalue weighted by atomic mass is 32.2. The maximum absolute atomic E-state index is 11.0. The van der Waals surface area contributed by atoms with Gasteiger partial charge < -0.3 is 5.32 Å². The van der Waals surface area contributed by atoms with Gasteiger partial charge in [0.1, 0.15) is 0 Å². The summed E-state index contributed by atoms with van der Waals surface area (Å²) in [4.78, 5) is 11.0. The molecule has 0 aliphatic rings. The number of carbonyl (C=O) groups excluding carboxylic acids is 1. The van der Waals surface area contributed by atoms with Crippen molar-refractivity contribution in [2.24, 2.45) is 0 Å². The first-order valence-corrected chi connectivity index (χ1v) is 5.84. The van der Waals surface area contributed by atoms with Gasteiger partial charge in [-0.2, -0.15) is 8.42 Å². The highest BCUT2D eigenvalue weighted by Crippen LogP contribution is 2.13. The van der Waals surface area contributed by atoms with Crippen LogP contribution in [-0.4, -0.2) is 30.2 Å². The Bertz CT molecular complexity index is 360. The molecule has 0 radical (unpaired) electrons. The van der Waals surface area contributed by atoms with Crippen molar-refractivity contribution in [3.63, 3.8) is 0 Å². The third kappa shape index (κ3) is 6.03. The summed E-state index contributed by atoms with van der Waals surface area (Å²) in [5, 5.41) is 2.43. The lowest BCUT2D eigenvalue weighted by Gasteiger charge is -2.27. The van der Waals surface area contributed by atoms with Gasteiger partial charge in [-0.05, 0) is 19.4 Å². The van der Waals surface area contributed by atoms with E-state index in [0.717, 1.165) is 6.08 Å². The van der Waals surface area contributed by atoms with Crippen molar-refractivity contribution < 1.29 is 17.8 Å². The van der Waals surface area contributed by atoms with Crippen molar-refractivity contribution in [3.05, 3.63) is 25.3 Å². The Morgan fingerprint density at radius 3 is 2.40 bits per heavy atom. The van der Waals surface area contributed by atoms with Gasteiger partial charge in [0.15, 0.2) is 0 Å². The Kier molecular flexibility index (Phi) is 4.70. The normalized spacial score (nSPS) is 15.1. The van der Waals surface area contributed by atoms with Crippen molar-refractivity contribution in [2.75, 3.05) is 5.75 Å². The number of hydrogen-bond acceptors (Lipinski definition) is 3. The molecular formula is C9H15NO4S. The minimum Gasteiger partial charge on any atom is -0.346 e. The van der Waals surface area contributed by atoms with E-state index in [-0.39, 0.29) is 6.42 Å². The molecule has 0 aromatic rings. The lowest BCUT2D eigenvalue weighted by Crippen LogP contribution is -2.49. The van der Waals surface area contributed by atoms with Gasteiger partial charge >= 0.3 is 0 Å². The number of carbonyl (C=O) groups is 1. The van der Waals surface area contributed by atoms with Crippen LogP contribution in [0.1, 0.15) is 13.3 Å². The summed E-state index contributed by atoms with van der Waals surface area (Å²) in [6, 6.07) is 0. The average molecular weight is 233 g/mol.